The number of carbonyl (C=O) groups is 1. The van der Waals surface area contributed by atoms with Crippen LogP contribution in [0.2, 0.25) is 0 Å². The molecular weight excluding hydrogens is 338 g/mol. The lowest BCUT2D eigenvalue weighted by Crippen LogP contribution is -2.12. The van der Waals surface area contributed by atoms with Crippen molar-refractivity contribution in [3.8, 4) is 5.75 Å². The second-order valence-electron chi connectivity index (χ2n) is 6.38. The number of hydrogen-bond donors (Lipinski definition) is 2. The minimum atomic E-state index is -0.212. The number of hydrogen-bond acceptors (Lipinski definition) is 4. The Kier molecular flexibility index (Phi) is 5.71. The maximum absolute atomic E-state index is 12.5. The number of rotatable bonds is 6. The van der Waals surface area contributed by atoms with Gasteiger partial charge in [-0.2, -0.15) is 0 Å². The maximum atomic E-state index is 12.5. The highest BCUT2D eigenvalue weighted by molar-refractivity contribution is 6.04. The van der Waals surface area contributed by atoms with Crippen LogP contribution in [0.1, 0.15) is 28.4 Å². The summed E-state index contributed by atoms with van der Waals surface area (Å²) in [6.45, 7) is 6.65. The second kappa shape index (κ2) is 8.36. The van der Waals surface area contributed by atoms with Crippen LogP contribution in [0.4, 0.5) is 17.1 Å². The van der Waals surface area contributed by atoms with Crippen molar-refractivity contribution in [2.45, 2.75) is 20.8 Å². The van der Waals surface area contributed by atoms with Gasteiger partial charge in [0.2, 0.25) is 0 Å². The maximum Gasteiger partial charge on any atom is 0.257 e. The van der Waals surface area contributed by atoms with Crippen molar-refractivity contribution < 1.29 is 9.53 Å². The summed E-state index contributed by atoms with van der Waals surface area (Å²) in [5.74, 6) is 0.563. The van der Waals surface area contributed by atoms with Gasteiger partial charge in [0.1, 0.15) is 5.75 Å². The Morgan fingerprint density at radius 2 is 1.63 bits per heavy atom. The van der Waals surface area contributed by atoms with E-state index in [0.29, 0.717) is 17.9 Å². The molecule has 2 aromatic carbocycles. The van der Waals surface area contributed by atoms with Crippen LogP contribution in [-0.2, 0) is 0 Å². The molecule has 3 aromatic rings. The van der Waals surface area contributed by atoms with E-state index in [0.717, 1.165) is 17.1 Å². The van der Waals surface area contributed by atoms with Crippen molar-refractivity contribution in [1.82, 2.24) is 4.98 Å². The van der Waals surface area contributed by atoms with Crippen LogP contribution in [-0.4, -0.2) is 17.5 Å². The van der Waals surface area contributed by atoms with E-state index in [2.05, 4.69) is 47.7 Å². The van der Waals surface area contributed by atoms with Crippen LogP contribution in [0.15, 0.2) is 60.9 Å². The summed E-state index contributed by atoms with van der Waals surface area (Å²) in [5.41, 5.74) is 5.27. The van der Waals surface area contributed by atoms with Crippen molar-refractivity contribution in [3.05, 3.63) is 77.6 Å². The standard InChI is InChI=1S/C22H23N3O2/c1-4-27-21-7-5-18(6-8-21)25-22(26)17-12-20(14-23-13-17)24-19-10-15(2)9-16(3)11-19/h5-14,24H,4H2,1-3H3,(H,25,26). The first kappa shape index (κ1) is 18.5. The summed E-state index contributed by atoms with van der Waals surface area (Å²) in [4.78, 5) is 16.7. The largest absolute Gasteiger partial charge is 0.494 e. The lowest BCUT2D eigenvalue weighted by molar-refractivity contribution is 0.102. The smallest absolute Gasteiger partial charge is 0.257 e. The third kappa shape index (κ3) is 5.07. The topological polar surface area (TPSA) is 63.2 Å². The highest BCUT2D eigenvalue weighted by Crippen LogP contribution is 2.21. The van der Waals surface area contributed by atoms with Gasteiger partial charge >= 0.3 is 0 Å². The molecule has 5 nitrogen and oxygen atoms in total. The molecule has 2 N–H and O–H groups in total. The third-order valence-corrected chi connectivity index (χ3v) is 3.93. The van der Waals surface area contributed by atoms with Crippen LogP contribution in [0.3, 0.4) is 0 Å². The van der Waals surface area contributed by atoms with Crippen molar-refractivity contribution in [3.63, 3.8) is 0 Å². The number of pyridine rings is 1. The molecule has 1 amide bonds. The molecule has 0 spiro atoms. The zero-order valence-electron chi connectivity index (χ0n) is 15.7. The quantitative estimate of drug-likeness (QED) is 0.642. The zero-order valence-corrected chi connectivity index (χ0v) is 15.7. The predicted molar refractivity (Wildman–Crippen MR) is 109 cm³/mol. The molecule has 0 bridgehead atoms. The van der Waals surface area contributed by atoms with Gasteiger partial charge in [-0.25, -0.2) is 0 Å². The Bertz CT molecular complexity index is 916. The molecule has 27 heavy (non-hydrogen) atoms. The van der Waals surface area contributed by atoms with Gasteiger partial charge in [0, 0.05) is 17.6 Å². The molecule has 0 aliphatic carbocycles. The monoisotopic (exact) mass is 361 g/mol. The predicted octanol–water partition coefficient (Wildman–Crippen LogP) is 5.09. The number of amides is 1. The number of aromatic nitrogens is 1. The molecule has 0 fully saturated rings. The van der Waals surface area contributed by atoms with E-state index in [-0.39, 0.29) is 5.91 Å². The van der Waals surface area contributed by atoms with Crippen LogP contribution in [0.5, 0.6) is 5.75 Å². The minimum absolute atomic E-state index is 0.212. The molecule has 0 unspecified atom stereocenters. The van der Waals surface area contributed by atoms with Crippen LogP contribution in [0, 0.1) is 13.8 Å². The van der Waals surface area contributed by atoms with Gasteiger partial charge in [-0.05, 0) is 74.4 Å². The van der Waals surface area contributed by atoms with Gasteiger partial charge in [-0.1, -0.05) is 6.07 Å². The molecule has 0 aliphatic heterocycles. The summed E-state index contributed by atoms with van der Waals surface area (Å²) in [5, 5.41) is 6.18. The Morgan fingerprint density at radius 3 is 2.30 bits per heavy atom. The Hall–Kier alpha value is -3.34. The van der Waals surface area contributed by atoms with Gasteiger partial charge in [-0.3, -0.25) is 9.78 Å². The molecule has 0 radical (unpaired) electrons. The minimum Gasteiger partial charge on any atom is -0.494 e. The lowest BCUT2D eigenvalue weighted by Gasteiger charge is -2.10. The number of nitrogens with zero attached hydrogens (tertiary/aromatic N) is 1. The van der Waals surface area contributed by atoms with Crippen molar-refractivity contribution in [2.24, 2.45) is 0 Å². The van der Waals surface area contributed by atoms with E-state index >= 15 is 0 Å². The molecule has 0 saturated carbocycles. The Morgan fingerprint density at radius 1 is 0.926 bits per heavy atom. The fourth-order valence-corrected chi connectivity index (χ4v) is 2.85. The van der Waals surface area contributed by atoms with Gasteiger partial charge in [-0.15, -0.1) is 0 Å². The Labute approximate surface area is 159 Å². The van der Waals surface area contributed by atoms with E-state index in [4.69, 9.17) is 4.74 Å². The molecule has 0 saturated heterocycles. The zero-order chi connectivity index (χ0) is 19.2. The first-order valence-electron chi connectivity index (χ1n) is 8.88. The molecule has 3 rings (SSSR count). The molecule has 1 aromatic heterocycles. The van der Waals surface area contributed by atoms with Crippen LogP contribution < -0.4 is 15.4 Å². The first-order chi connectivity index (χ1) is 13.0. The van der Waals surface area contributed by atoms with Crippen molar-refractivity contribution in [1.29, 1.82) is 0 Å². The highest BCUT2D eigenvalue weighted by Gasteiger charge is 2.08. The van der Waals surface area contributed by atoms with Crippen LogP contribution >= 0.6 is 0 Å². The Balaban J connectivity index is 1.71. The van der Waals surface area contributed by atoms with E-state index in [1.54, 1.807) is 18.5 Å². The second-order valence-corrected chi connectivity index (χ2v) is 6.38. The van der Waals surface area contributed by atoms with E-state index in [1.165, 1.54) is 11.1 Å². The highest BCUT2D eigenvalue weighted by atomic mass is 16.5. The van der Waals surface area contributed by atoms with E-state index in [9.17, 15) is 4.79 Å². The average Bonchev–Trinajstić information content (AvgIpc) is 2.63. The summed E-state index contributed by atoms with van der Waals surface area (Å²) in [6, 6.07) is 15.3. The fourth-order valence-electron chi connectivity index (χ4n) is 2.85. The molecule has 5 heteroatoms. The molecule has 138 valence electrons. The van der Waals surface area contributed by atoms with Gasteiger partial charge in [0.25, 0.3) is 5.91 Å². The van der Waals surface area contributed by atoms with Crippen molar-refractivity contribution >= 4 is 23.0 Å². The average molecular weight is 361 g/mol. The van der Waals surface area contributed by atoms with Gasteiger partial charge < -0.3 is 15.4 Å². The summed E-state index contributed by atoms with van der Waals surface area (Å²) < 4.78 is 5.41. The molecule has 0 atom stereocenters. The number of nitrogens with one attached hydrogen (secondary N) is 2. The summed E-state index contributed by atoms with van der Waals surface area (Å²) in [7, 11) is 0. The normalized spacial score (nSPS) is 10.3. The lowest BCUT2D eigenvalue weighted by atomic mass is 10.1. The number of benzene rings is 2. The number of carbonyl (C=O) groups excluding carboxylic acids is 1. The fraction of sp³-hybridized carbons (Fsp3) is 0.182. The molecule has 0 aliphatic rings. The van der Waals surface area contributed by atoms with E-state index < -0.39 is 0 Å². The molecule has 1 heterocycles. The van der Waals surface area contributed by atoms with Crippen LogP contribution in [0.25, 0.3) is 0 Å². The summed E-state index contributed by atoms with van der Waals surface area (Å²) >= 11 is 0. The summed E-state index contributed by atoms with van der Waals surface area (Å²) in [6.07, 6.45) is 3.25. The first-order valence-corrected chi connectivity index (χ1v) is 8.88. The number of anilines is 3. The van der Waals surface area contributed by atoms with Gasteiger partial charge in [0.15, 0.2) is 0 Å². The SMILES string of the molecule is CCOc1ccc(NC(=O)c2cncc(Nc3cc(C)cc(C)c3)c2)cc1. The van der Waals surface area contributed by atoms with Gasteiger partial charge in [0.05, 0.1) is 24.1 Å². The number of aryl methyl sites for hydroxylation is 2. The third-order valence-electron chi connectivity index (χ3n) is 3.93. The number of ether oxygens (including phenoxy) is 1. The molecular formula is C22H23N3O2. The van der Waals surface area contributed by atoms with Crippen molar-refractivity contribution in [2.75, 3.05) is 17.2 Å². The van der Waals surface area contributed by atoms with E-state index in [1.807, 2.05) is 31.2 Å².